The Labute approximate surface area is 170 Å². The number of ether oxygens (including phenoxy) is 2. The second-order valence-corrected chi connectivity index (χ2v) is 6.18. The zero-order chi connectivity index (χ0) is 20.5. The van der Waals surface area contributed by atoms with Gasteiger partial charge in [0.2, 0.25) is 0 Å². The van der Waals surface area contributed by atoms with Gasteiger partial charge >= 0.3 is 0 Å². The van der Waals surface area contributed by atoms with E-state index in [1.165, 1.54) is 6.20 Å². The third-order valence-corrected chi connectivity index (χ3v) is 4.12. The molecule has 2 aromatic heterocycles. The predicted molar refractivity (Wildman–Crippen MR) is 113 cm³/mol. The average Bonchev–Trinajstić information content (AvgIpc) is 2.77. The number of aromatic nitrogens is 3. The summed E-state index contributed by atoms with van der Waals surface area (Å²) in [5.74, 6) is 1.56. The smallest absolute Gasteiger partial charge is 0.257 e. The topological polar surface area (TPSA) is 95.5 Å². The maximum Gasteiger partial charge on any atom is 0.257 e. The lowest BCUT2D eigenvalue weighted by Gasteiger charge is -2.11. The Bertz CT molecular complexity index is 1000. The highest BCUT2D eigenvalue weighted by Crippen LogP contribution is 2.26. The van der Waals surface area contributed by atoms with E-state index < -0.39 is 0 Å². The van der Waals surface area contributed by atoms with Crippen LogP contribution in [0.2, 0.25) is 0 Å². The summed E-state index contributed by atoms with van der Waals surface area (Å²) in [5.41, 5.74) is 9.15. The lowest BCUT2D eigenvalue weighted by Crippen LogP contribution is -2.03. The van der Waals surface area contributed by atoms with Gasteiger partial charge in [-0.2, -0.15) is 0 Å². The van der Waals surface area contributed by atoms with Crippen LogP contribution in [-0.4, -0.2) is 35.3 Å². The molecule has 0 saturated heterocycles. The van der Waals surface area contributed by atoms with Crippen LogP contribution < -0.4 is 15.2 Å². The van der Waals surface area contributed by atoms with Crippen molar-refractivity contribution in [2.75, 3.05) is 14.2 Å². The van der Waals surface area contributed by atoms with Gasteiger partial charge in [-0.15, -0.1) is 0 Å². The highest BCUT2D eigenvalue weighted by molar-refractivity contribution is 6.07. The van der Waals surface area contributed by atoms with E-state index in [-0.39, 0.29) is 0 Å². The first-order chi connectivity index (χ1) is 14.2. The molecule has 7 heteroatoms. The maximum absolute atomic E-state index is 5.81. The lowest BCUT2D eigenvalue weighted by atomic mass is 10.1. The number of nitrogens with two attached hydrogens (primary N) is 1. The zero-order valence-corrected chi connectivity index (χ0v) is 16.4. The van der Waals surface area contributed by atoms with Crippen molar-refractivity contribution in [1.82, 2.24) is 15.0 Å². The first kappa shape index (κ1) is 20.0. The largest absolute Gasteiger partial charge is 0.491 e. The molecule has 1 aromatic carbocycles. The van der Waals surface area contributed by atoms with Crippen molar-refractivity contribution in [1.29, 1.82) is 0 Å². The van der Waals surface area contributed by atoms with E-state index in [4.69, 9.17) is 15.2 Å². The van der Waals surface area contributed by atoms with E-state index in [0.717, 1.165) is 16.8 Å². The normalized spacial score (nSPS) is 11.6. The van der Waals surface area contributed by atoms with Crippen molar-refractivity contribution in [3.05, 3.63) is 83.7 Å². The second kappa shape index (κ2) is 9.98. The van der Waals surface area contributed by atoms with Crippen LogP contribution in [0, 0.1) is 0 Å². The molecule has 0 unspecified atom stereocenters. The highest BCUT2D eigenvalue weighted by Gasteiger charge is 2.10. The summed E-state index contributed by atoms with van der Waals surface area (Å²) in [4.78, 5) is 17.2. The molecular weight excluding hydrogens is 366 g/mol. The highest BCUT2D eigenvalue weighted by atomic mass is 16.5. The molecule has 0 aliphatic carbocycles. The molecule has 29 heavy (non-hydrogen) atoms. The van der Waals surface area contributed by atoms with Gasteiger partial charge in [0, 0.05) is 44.0 Å². The first-order valence-corrected chi connectivity index (χ1v) is 9.09. The van der Waals surface area contributed by atoms with Gasteiger partial charge in [0.1, 0.15) is 6.61 Å². The fourth-order valence-corrected chi connectivity index (χ4v) is 2.71. The van der Waals surface area contributed by atoms with Gasteiger partial charge in [-0.1, -0.05) is 30.3 Å². The van der Waals surface area contributed by atoms with Crippen LogP contribution in [0.1, 0.15) is 22.6 Å². The second-order valence-electron chi connectivity index (χ2n) is 6.18. The summed E-state index contributed by atoms with van der Waals surface area (Å²) in [6.07, 6.45) is 7.10. The molecule has 7 nitrogen and oxygen atoms in total. The van der Waals surface area contributed by atoms with Crippen LogP contribution in [0.4, 0.5) is 0 Å². The summed E-state index contributed by atoms with van der Waals surface area (Å²) in [6, 6.07) is 13.7. The fourth-order valence-electron chi connectivity index (χ4n) is 2.71. The van der Waals surface area contributed by atoms with E-state index in [9.17, 15) is 0 Å². The molecule has 2 N–H and O–H groups in total. The fraction of sp³-hybridized carbons (Fsp3) is 0.182. The Morgan fingerprint density at radius 1 is 1.14 bits per heavy atom. The SMILES string of the molecule is CN=C/C(=C\N)c1nccc(Cc2cnc(OCc3ccccc3)c(OC)c2)n1. The summed E-state index contributed by atoms with van der Waals surface area (Å²) >= 11 is 0. The Morgan fingerprint density at radius 3 is 2.69 bits per heavy atom. The van der Waals surface area contributed by atoms with Crippen molar-refractivity contribution >= 4 is 11.8 Å². The molecule has 0 bridgehead atoms. The predicted octanol–water partition coefficient (Wildman–Crippen LogP) is 3.05. The lowest BCUT2D eigenvalue weighted by molar-refractivity contribution is 0.272. The number of pyridine rings is 1. The molecule has 0 spiro atoms. The first-order valence-electron chi connectivity index (χ1n) is 9.09. The minimum absolute atomic E-state index is 0.423. The Morgan fingerprint density at radius 2 is 1.97 bits per heavy atom. The van der Waals surface area contributed by atoms with Gasteiger partial charge in [0.25, 0.3) is 5.88 Å². The van der Waals surface area contributed by atoms with Crippen molar-refractivity contribution in [3.63, 3.8) is 0 Å². The molecule has 0 atom stereocenters. The van der Waals surface area contributed by atoms with Crippen molar-refractivity contribution < 1.29 is 9.47 Å². The van der Waals surface area contributed by atoms with Crippen LogP contribution in [0.25, 0.3) is 5.57 Å². The van der Waals surface area contributed by atoms with Gasteiger partial charge in [-0.05, 0) is 23.3 Å². The molecule has 148 valence electrons. The number of hydrogen-bond donors (Lipinski definition) is 1. The molecule has 3 aromatic rings. The summed E-state index contributed by atoms with van der Waals surface area (Å²) in [6.45, 7) is 0.423. The average molecular weight is 389 g/mol. The molecule has 0 aliphatic rings. The molecule has 0 aliphatic heterocycles. The van der Waals surface area contributed by atoms with Gasteiger partial charge < -0.3 is 15.2 Å². The number of rotatable bonds is 8. The number of nitrogens with zero attached hydrogens (tertiary/aromatic N) is 4. The van der Waals surface area contributed by atoms with E-state index in [2.05, 4.69) is 19.9 Å². The van der Waals surface area contributed by atoms with Crippen LogP contribution in [0.15, 0.2) is 66.1 Å². The quantitative estimate of drug-likeness (QED) is 0.595. The van der Waals surface area contributed by atoms with Crippen molar-refractivity contribution in [2.45, 2.75) is 13.0 Å². The number of methoxy groups -OCH3 is 1. The molecule has 0 fully saturated rings. The Balaban J connectivity index is 1.75. The molecule has 2 heterocycles. The van der Waals surface area contributed by atoms with Crippen LogP contribution in [0.5, 0.6) is 11.6 Å². The monoisotopic (exact) mass is 389 g/mol. The summed E-state index contributed by atoms with van der Waals surface area (Å²) < 4.78 is 11.3. The molecule has 0 amide bonds. The van der Waals surface area contributed by atoms with Crippen LogP contribution in [-0.2, 0) is 13.0 Å². The van der Waals surface area contributed by atoms with Gasteiger partial charge in [-0.3, -0.25) is 4.99 Å². The molecule has 3 rings (SSSR count). The Hall–Kier alpha value is -3.74. The number of allylic oxidation sites excluding steroid dienone is 1. The van der Waals surface area contributed by atoms with Gasteiger partial charge in [0.15, 0.2) is 11.6 Å². The zero-order valence-electron chi connectivity index (χ0n) is 16.4. The minimum Gasteiger partial charge on any atom is -0.491 e. The molecular formula is C22H23N5O2. The van der Waals surface area contributed by atoms with Crippen LogP contribution in [0.3, 0.4) is 0 Å². The number of hydrogen-bond acceptors (Lipinski definition) is 7. The maximum atomic E-state index is 5.81. The van der Waals surface area contributed by atoms with Gasteiger partial charge in [0.05, 0.1) is 12.7 Å². The molecule has 0 saturated carbocycles. The van der Waals surface area contributed by atoms with Crippen LogP contribution >= 0.6 is 0 Å². The van der Waals surface area contributed by atoms with Gasteiger partial charge in [-0.25, -0.2) is 15.0 Å². The number of aliphatic imine (C=N–C) groups is 1. The summed E-state index contributed by atoms with van der Waals surface area (Å²) in [5, 5.41) is 0. The minimum atomic E-state index is 0.423. The summed E-state index contributed by atoms with van der Waals surface area (Å²) in [7, 11) is 3.27. The van der Waals surface area contributed by atoms with E-state index in [1.807, 2.05) is 42.5 Å². The van der Waals surface area contributed by atoms with E-state index in [0.29, 0.717) is 36.1 Å². The van der Waals surface area contributed by atoms with E-state index >= 15 is 0 Å². The van der Waals surface area contributed by atoms with E-state index in [1.54, 1.807) is 32.8 Å². The van der Waals surface area contributed by atoms with Crippen molar-refractivity contribution in [2.24, 2.45) is 10.7 Å². The molecule has 0 radical (unpaired) electrons. The van der Waals surface area contributed by atoms with Crippen molar-refractivity contribution in [3.8, 4) is 11.6 Å². The third-order valence-electron chi connectivity index (χ3n) is 4.12. The third kappa shape index (κ3) is 5.38. The Kier molecular flexibility index (Phi) is 6.89. The standard InChI is InChI=1S/C22H23N5O2/c1-24-14-18(12-23)21-25-9-8-19(27-21)10-17-11-20(28-2)22(26-13-17)29-15-16-6-4-3-5-7-16/h3-9,11-14H,10,15,23H2,1-2H3/b18-12+,24-14?. The number of benzene rings is 1.